The number of nitrogens with one attached hydrogen (secondary N) is 1. The highest BCUT2D eigenvalue weighted by Gasteiger charge is 2.30. The molecule has 3 aromatic rings. The van der Waals surface area contributed by atoms with Crippen LogP contribution in [0.2, 0.25) is 0 Å². The number of aryl methyl sites for hydroxylation is 1. The molecule has 0 spiro atoms. The molecule has 0 fully saturated rings. The predicted octanol–water partition coefficient (Wildman–Crippen LogP) is 4.46. The van der Waals surface area contributed by atoms with E-state index < -0.39 is 21.9 Å². The fourth-order valence-electron chi connectivity index (χ4n) is 4.43. The number of nitrogens with zero attached hydrogens (tertiary/aromatic N) is 2. The van der Waals surface area contributed by atoms with Crippen molar-refractivity contribution in [1.82, 2.24) is 10.2 Å². The van der Waals surface area contributed by atoms with Crippen LogP contribution >= 0.6 is 0 Å². The average molecular weight is 554 g/mol. The van der Waals surface area contributed by atoms with E-state index in [2.05, 4.69) is 5.32 Å². The lowest BCUT2D eigenvalue weighted by atomic mass is 10.0. The number of carbonyl (C=O) groups excluding carboxylic acids is 2. The molecule has 2 amide bonds. The summed E-state index contributed by atoms with van der Waals surface area (Å²) < 4.78 is 39.5. The maximum Gasteiger partial charge on any atom is 0.243 e. The zero-order valence-corrected chi connectivity index (χ0v) is 23.5. The Bertz CT molecular complexity index is 1350. The van der Waals surface area contributed by atoms with Crippen LogP contribution in [-0.2, 0) is 32.6 Å². The first-order valence-corrected chi connectivity index (χ1v) is 14.8. The van der Waals surface area contributed by atoms with Crippen molar-refractivity contribution in [3.05, 3.63) is 101 Å². The van der Waals surface area contributed by atoms with Gasteiger partial charge in [-0.25, -0.2) is 12.8 Å². The van der Waals surface area contributed by atoms with E-state index in [-0.39, 0.29) is 37.7 Å². The molecule has 39 heavy (non-hydrogen) atoms. The van der Waals surface area contributed by atoms with Crippen molar-refractivity contribution in [2.24, 2.45) is 0 Å². The van der Waals surface area contributed by atoms with Crippen LogP contribution in [0.25, 0.3) is 0 Å². The third kappa shape index (κ3) is 8.64. The van der Waals surface area contributed by atoms with Gasteiger partial charge < -0.3 is 10.2 Å². The van der Waals surface area contributed by atoms with E-state index in [1.54, 1.807) is 4.90 Å². The molecule has 0 heterocycles. The molecule has 0 aromatic heterocycles. The third-order valence-electron chi connectivity index (χ3n) is 6.49. The van der Waals surface area contributed by atoms with Gasteiger partial charge in [-0.1, -0.05) is 54.6 Å². The Hall–Kier alpha value is -3.72. The lowest BCUT2D eigenvalue weighted by Gasteiger charge is -2.32. The van der Waals surface area contributed by atoms with Gasteiger partial charge in [-0.15, -0.1) is 0 Å². The number of hydrogen-bond donors (Lipinski definition) is 1. The first-order chi connectivity index (χ1) is 18.6. The minimum Gasteiger partial charge on any atom is -0.355 e. The molecule has 0 bridgehead atoms. The quantitative estimate of drug-likeness (QED) is 0.339. The van der Waals surface area contributed by atoms with Crippen molar-refractivity contribution >= 4 is 27.5 Å². The van der Waals surface area contributed by atoms with Crippen LogP contribution in [0.4, 0.5) is 10.1 Å². The van der Waals surface area contributed by atoms with Gasteiger partial charge in [0.1, 0.15) is 11.9 Å². The molecule has 1 N–H and O–H groups in total. The summed E-state index contributed by atoms with van der Waals surface area (Å²) in [6.45, 7) is 4.51. The normalized spacial score (nSPS) is 12.0. The largest absolute Gasteiger partial charge is 0.355 e. The Morgan fingerprint density at radius 3 is 2.21 bits per heavy atom. The molecule has 0 radical (unpaired) electrons. The summed E-state index contributed by atoms with van der Waals surface area (Å²) in [4.78, 5) is 28.6. The molecule has 3 rings (SSSR count). The third-order valence-corrected chi connectivity index (χ3v) is 7.68. The highest BCUT2D eigenvalue weighted by Crippen LogP contribution is 2.21. The molecule has 0 aliphatic heterocycles. The summed E-state index contributed by atoms with van der Waals surface area (Å²) in [5, 5.41) is 2.87. The van der Waals surface area contributed by atoms with E-state index in [1.165, 1.54) is 24.3 Å². The van der Waals surface area contributed by atoms with Crippen molar-refractivity contribution in [2.75, 3.05) is 23.7 Å². The molecule has 0 unspecified atom stereocenters. The number of halogens is 1. The van der Waals surface area contributed by atoms with Crippen molar-refractivity contribution < 1.29 is 22.4 Å². The zero-order valence-electron chi connectivity index (χ0n) is 22.6. The highest BCUT2D eigenvalue weighted by atomic mass is 32.2. The van der Waals surface area contributed by atoms with Crippen LogP contribution in [-0.4, -0.2) is 50.5 Å². The Balaban J connectivity index is 1.86. The van der Waals surface area contributed by atoms with Gasteiger partial charge in [-0.2, -0.15) is 0 Å². The smallest absolute Gasteiger partial charge is 0.243 e. The van der Waals surface area contributed by atoms with E-state index in [9.17, 15) is 22.4 Å². The average Bonchev–Trinajstić information content (AvgIpc) is 2.90. The van der Waals surface area contributed by atoms with Gasteiger partial charge in [-0.05, 0) is 61.2 Å². The first kappa shape index (κ1) is 29.8. The van der Waals surface area contributed by atoms with Gasteiger partial charge >= 0.3 is 0 Å². The number of anilines is 1. The molecular formula is C30H36FN3O4S. The van der Waals surface area contributed by atoms with Gasteiger partial charge in [0, 0.05) is 32.5 Å². The lowest BCUT2D eigenvalue weighted by Crippen LogP contribution is -2.50. The number of amides is 2. The molecule has 0 aliphatic rings. The van der Waals surface area contributed by atoms with E-state index in [0.717, 1.165) is 27.3 Å². The fraction of sp³-hybridized carbons (Fsp3) is 0.333. The second kappa shape index (κ2) is 13.9. The maximum absolute atomic E-state index is 13.7. The van der Waals surface area contributed by atoms with E-state index >= 15 is 0 Å². The van der Waals surface area contributed by atoms with E-state index in [0.29, 0.717) is 18.7 Å². The lowest BCUT2D eigenvalue weighted by molar-refractivity contribution is -0.141. The zero-order chi connectivity index (χ0) is 28.4. The topological polar surface area (TPSA) is 86.8 Å². The van der Waals surface area contributed by atoms with Gasteiger partial charge in [0.2, 0.25) is 21.8 Å². The van der Waals surface area contributed by atoms with Crippen LogP contribution in [0.5, 0.6) is 0 Å². The molecule has 3 aromatic carbocycles. The Labute approximate surface area is 230 Å². The number of rotatable bonds is 13. The number of hydrogen-bond acceptors (Lipinski definition) is 4. The van der Waals surface area contributed by atoms with Gasteiger partial charge in [0.25, 0.3) is 0 Å². The molecule has 0 saturated heterocycles. The number of carbonyl (C=O) groups is 2. The Morgan fingerprint density at radius 1 is 0.949 bits per heavy atom. The summed E-state index contributed by atoms with van der Waals surface area (Å²) in [6.07, 6.45) is 1.67. The minimum absolute atomic E-state index is 0.0315. The van der Waals surface area contributed by atoms with Crippen LogP contribution < -0.4 is 9.62 Å². The molecule has 9 heteroatoms. The van der Waals surface area contributed by atoms with Crippen molar-refractivity contribution in [2.45, 2.75) is 45.7 Å². The monoisotopic (exact) mass is 553 g/mol. The second-order valence-corrected chi connectivity index (χ2v) is 11.4. The van der Waals surface area contributed by atoms with Gasteiger partial charge in [-0.3, -0.25) is 13.9 Å². The highest BCUT2D eigenvalue weighted by molar-refractivity contribution is 7.92. The maximum atomic E-state index is 13.7. The van der Waals surface area contributed by atoms with Crippen molar-refractivity contribution in [1.29, 1.82) is 0 Å². The van der Waals surface area contributed by atoms with Crippen LogP contribution in [0.3, 0.4) is 0 Å². The first-order valence-electron chi connectivity index (χ1n) is 13.0. The molecule has 0 saturated carbocycles. The predicted molar refractivity (Wildman–Crippen MR) is 152 cm³/mol. The van der Waals surface area contributed by atoms with Crippen molar-refractivity contribution in [3.8, 4) is 0 Å². The summed E-state index contributed by atoms with van der Waals surface area (Å²) >= 11 is 0. The van der Waals surface area contributed by atoms with Crippen LogP contribution in [0, 0.1) is 12.7 Å². The minimum atomic E-state index is -3.66. The fourth-order valence-corrected chi connectivity index (χ4v) is 5.39. The molecular weight excluding hydrogens is 517 g/mol. The number of benzene rings is 3. The second-order valence-electron chi connectivity index (χ2n) is 9.46. The number of sulfonamides is 1. The van der Waals surface area contributed by atoms with E-state index in [1.807, 2.05) is 68.4 Å². The Morgan fingerprint density at radius 2 is 1.59 bits per heavy atom. The van der Waals surface area contributed by atoms with Crippen LogP contribution in [0.15, 0.2) is 78.9 Å². The SMILES string of the molecule is CCNC(=O)[C@H](Cc1ccccc1)N(Cc1ccccc1C)C(=O)CCCN(c1ccc(F)cc1)S(C)(=O)=O. The molecule has 1 atom stereocenters. The number of likely N-dealkylation sites (N-methyl/N-ethyl adjacent to an activating group) is 1. The van der Waals surface area contributed by atoms with Gasteiger partial charge in [0.05, 0.1) is 11.9 Å². The van der Waals surface area contributed by atoms with Crippen molar-refractivity contribution in [3.63, 3.8) is 0 Å². The molecule has 7 nitrogen and oxygen atoms in total. The van der Waals surface area contributed by atoms with E-state index in [4.69, 9.17) is 0 Å². The Kier molecular flexibility index (Phi) is 10.6. The van der Waals surface area contributed by atoms with Gasteiger partial charge in [0.15, 0.2) is 0 Å². The summed E-state index contributed by atoms with van der Waals surface area (Å²) in [5.41, 5.74) is 3.18. The molecule has 0 aliphatic carbocycles. The summed E-state index contributed by atoms with van der Waals surface area (Å²) in [5.74, 6) is -0.964. The standard InChI is InChI=1S/C30H36FN3O4S/c1-4-32-30(36)28(21-24-12-6-5-7-13-24)33(22-25-14-9-8-11-23(25)2)29(35)15-10-20-34(39(3,37)38)27-18-16-26(31)17-19-27/h5-9,11-14,16-19,28H,4,10,15,20-22H2,1-3H3,(H,32,36)/t28-/m0/s1. The summed E-state index contributed by atoms with van der Waals surface area (Å²) in [6, 6.07) is 21.7. The van der Waals surface area contributed by atoms with Crippen LogP contribution in [0.1, 0.15) is 36.5 Å². The summed E-state index contributed by atoms with van der Waals surface area (Å²) in [7, 11) is -3.66. The molecule has 208 valence electrons.